The van der Waals surface area contributed by atoms with Crippen LogP contribution >= 0.6 is 0 Å². The molecule has 0 saturated heterocycles. The summed E-state index contributed by atoms with van der Waals surface area (Å²) in [5, 5.41) is 7.61. The maximum absolute atomic E-state index is 5.87. The molecule has 0 aliphatic carbocycles. The fourth-order valence-electron chi connectivity index (χ4n) is 2.82. The Labute approximate surface area is 145 Å². The minimum atomic E-state index is 0.660. The van der Waals surface area contributed by atoms with E-state index < -0.39 is 0 Å². The van der Waals surface area contributed by atoms with Gasteiger partial charge < -0.3 is 14.8 Å². The molecule has 0 radical (unpaired) electrons. The third kappa shape index (κ3) is 3.46. The fraction of sp³-hybridized carbons (Fsp3) is 0.278. The zero-order valence-corrected chi connectivity index (χ0v) is 13.8. The Kier molecular flexibility index (Phi) is 4.56. The van der Waals surface area contributed by atoms with Crippen LogP contribution in [0.1, 0.15) is 17.5 Å². The van der Waals surface area contributed by atoms with E-state index in [4.69, 9.17) is 9.47 Å². The lowest BCUT2D eigenvalue weighted by molar-refractivity contribution is 0.296. The highest BCUT2D eigenvalue weighted by Gasteiger charge is 2.14. The third-order valence-corrected chi connectivity index (χ3v) is 3.99. The summed E-state index contributed by atoms with van der Waals surface area (Å²) in [5.74, 6) is 2.44. The van der Waals surface area contributed by atoms with Crippen molar-refractivity contribution in [2.45, 2.75) is 19.5 Å². The molecule has 0 bridgehead atoms. The lowest BCUT2D eigenvalue weighted by atomic mass is 10.1. The average Bonchev–Trinajstić information content (AvgIpc) is 3.07. The molecule has 3 aromatic rings. The topological polar surface area (TPSA) is 74.1 Å². The number of pyridine rings is 1. The summed E-state index contributed by atoms with van der Waals surface area (Å²) in [5.41, 5.74) is 2.14. The smallest absolute Gasteiger partial charge is 0.165 e. The molecule has 0 atom stereocenters. The zero-order valence-electron chi connectivity index (χ0n) is 13.8. The van der Waals surface area contributed by atoms with Crippen molar-refractivity contribution in [1.82, 2.24) is 25.1 Å². The largest absolute Gasteiger partial charge is 0.490 e. The molecular formula is C18H19N5O2. The van der Waals surface area contributed by atoms with Crippen LogP contribution in [0.25, 0.3) is 5.82 Å². The predicted molar refractivity (Wildman–Crippen MR) is 91.7 cm³/mol. The standard InChI is InChI=1S/C18H19N5O2/c1-4-14(17-16(6-1)24-8-3-9-25-17)10-19-11-15-5-2-7-21-18(15)23-13-20-12-22-23/h1-2,4-7,12-13,19H,3,8-11H2. The second-order valence-electron chi connectivity index (χ2n) is 5.72. The van der Waals surface area contributed by atoms with E-state index in [1.54, 1.807) is 17.2 Å². The summed E-state index contributed by atoms with van der Waals surface area (Å²) in [6.45, 7) is 2.72. The van der Waals surface area contributed by atoms with Gasteiger partial charge in [-0.15, -0.1) is 0 Å². The van der Waals surface area contributed by atoms with Gasteiger partial charge in [0.05, 0.1) is 13.2 Å². The van der Waals surface area contributed by atoms with Gasteiger partial charge in [-0.25, -0.2) is 14.6 Å². The van der Waals surface area contributed by atoms with Gasteiger partial charge in [-0.2, -0.15) is 5.10 Å². The fourth-order valence-corrected chi connectivity index (χ4v) is 2.82. The lowest BCUT2D eigenvalue weighted by Crippen LogP contribution is -2.16. The Bertz CT molecular complexity index is 835. The number of nitrogens with zero attached hydrogens (tertiary/aromatic N) is 4. The van der Waals surface area contributed by atoms with Crippen molar-refractivity contribution < 1.29 is 9.47 Å². The molecule has 128 valence electrons. The normalized spacial score (nSPS) is 13.4. The number of ether oxygens (including phenoxy) is 2. The molecule has 25 heavy (non-hydrogen) atoms. The second-order valence-corrected chi connectivity index (χ2v) is 5.72. The Balaban J connectivity index is 1.47. The minimum Gasteiger partial charge on any atom is -0.490 e. The van der Waals surface area contributed by atoms with Crippen LogP contribution in [0.5, 0.6) is 11.5 Å². The minimum absolute atomic E-state index is 0.660. The summed E-state index contributed by atoms with van der Waals surface area (Å²) >= 11 is 0. The van der Waals surface area contributed by atoms with Crippen LogP contribution in [-0.2, 0) is 13.1 Å². The SMILES string of the molecule is c1cnc(-n2cncn2)c(CNCc2cccc3c2OCCCO3)c1. The van der Waals surface area contributed by atoms with Crippen molar-refractivity contribution >= 4 is 0 Å². The van der Waals surface area contributed by atoms with Crippen LogP contribution in [0.4, 0.5) is 0 Å². The molecule has 0 fully saturated rings. The Morgan fingerprint density at radius 2 is 1.92 bits per heavy atom. The molecule has 1 N–H and O–H groups in total. The van der Waals surface area contributed by atoms with E-state index in [9.17, 15) is 0 Å². The number of hydrogen-bond acceptors (Lipinski definition) is 6. The summed E-state index contributed by atoms with van der Waals surface area (Å²) in [7, 11) is 0. The summed E-state index contributed by atoms with van der Waals surface area (Å²) < 4.78 is 13.3. The molecule has 2 aromatic heterocycles. The summed E-state index contributed by atoms with van der Waals surface area (Å²) in [6.07, 6.45) is 5.80. The first-order valence-corrected chi connectivity index (χ1v) is 8.29. The van der Waals surface area contributed by atoms with Crippen molar-refractivity contribution in [2.75, 3.05) is 13.2 Å². The van der Waals surface area contributed by atoms with Crippen LogP contribution in [0.15, 0.2) is 49.2 Å². The molecule has 1 aliphatic heterocycles. The van der Waals surface area contributed by atoms with E-state index in [-0.39, 0.29) is 0 Å². The molecule has 0 saturated carbocycles. The van der Waals surface area contributed by atoms with E-state index in [0.717, 1.165) is 34.9 Å². The van der Waals surface area contributed by atoms with Crippen LogP contribution in [0.2, 0.25) is 0 Å². The molecule has 1 aliphatic rings. The van der Waals surface area contributed by atoms with Gasteiger partial charge in [0.15, 0.2) is 17.3 Å². The molecule has 1 aromatic carbocycles. The molecule has 0 spiro atoms. The first-order chi connectivity index (χ1) is 12.4. The molecular weight excluding hydrogens is 318 g/mol. The molecule has 3 heterocycles. The van der Waals surface area contributed by atoms with Gasteiger partial charge in [-0.1, -0.05) is 18.2 Å². The second kappa shape index (κ2) is 7.31. The van der Waals surface area contributed by atoms with Crippen LogP contribution in [0, 0.1) is 0 Å². The van der Waals surface area contributed by atoms with Gasteiger partial charge >= 0.3 is 0 Å². The number of hydrogen-bond donors (Lipinski definition) is 1. The maximum Gasteiger partial charge on any atom is 0.165 e. The van der Waals surface area contributed by atoms with Crippen LogP contribution < -0.4 is 14.8 Å². The monoisotopic (exact) mass is 337 g/mol. The summed E-state index contributed by atoms with van der Waals surface area (Å²) in [4.78, 5) is 8.39. The number of para-hydroxylation sites is 1. The Hall–Kier alpha value is -2.93. The number of rotatable bonds is 5. The van der Waals surface area contributed by atoms with Gasteiger partial charge in [0, 0.05) is 36.8 Å². The van der Waals surface area contributed by atoms with E-state index in [2.05, 4.69) is 26.4 Å². The molecule has 0 unspecified atom stereocenters. The first-order valence-electron chi connectivity index (χ1n) is 8.29. The Morgan fingerprint density at radius 1 is 1.04 bits per heavy atom. The lowest BCUT2D eigenvalue weighted by Gasteiger charge is -2.14. The highest BCUT2D eigenvalue weighted by molar-refractivity contribution is 5.47. The van der Waals surface area contributed by atoms with E-state index in [0.29, 0.717) is 26.3 Å². The van der Waals surface area contributed by atoms with E-state index in [1.807, 2.05) is 24.3 Å². The van der Waals surface area contributed by atoms with Crippen molar-refractivity contribution in [1.29, 1.82) is 0 Å². The van der Waals surface area contributed by atoms with Gasteiger partial charge in [0.2, 0.25) is 0 Å². The van der Waals surface area contributed by atoms with Gasteiger partial charge in [-0.05, 0) is 12.1 Å². The third-order valence-electron chi connectivity index (χ3n) is 3.99. The molecule has 4 rings (SSSR count). The maximum atomic E-state index is 5.87. The van der Waals surface area contributed by atoms with E-state index in [1.165, 1.54) is 6.33 Å². The van der Waals surface area contributed by atoms with Crippen LogP contribution in [-0.4, -0.2) is 33.0 Å². The number of aromatic nitrogens is 4. The molecule has 7 nitrogen and oxygen atoms in total. The highest BCUT2D eigenvalue weighted by atomic mass is 16.5. The number of benzene rings is 1. The van der Waals surface area contributed by atoms with Gasteiger partial charge in [-0.3, -0.25) is 0 Å². The number of fused-ring (bicyclic) bond motifs is 1. The zero-order chi connectivity index (χ0) is 16.9. The van der Waals surface area contributed by atoms with Gasteiger partial charge in [0.25, 0.3) is 0 Å². The van der Waals surface area contributed by atoms with Crippen molar-refractivity contribution in [3.05, 3.63) is 60.3 Å². The highest BCUT2D eigenvalue weighted by Crippen LogP contribution is 2.33. The molecule has 7 heteroatoms. The van der Waals surface area contributed by atoms with Crippen molar-refractivity contribution in [3.63, 3.8) is 0 Å². The molecule has 0 amide bonds. The number of nitrogens with one attached hydrogen (secondary N) is 1. The first kappa shape index (κ1) is 15.6. The van der Waals surface area contributed by atoms with E-state index >= 15 is 0 Å². The quantitative estimate of drug-likeness (QED) is 0.769. The Morgan fingerprint density at radius 3 is 2.84 bits per heavy atom. The van der Waals surface area contributed by atoms with Crippen molar-refractivity contribution in [2.24, 2.45) is 0 Å². The predicted octanol–water partition coefficient (Wildman–Crippen LogP) is 2.11. The van der Waals surface area contributed by atoms with Crippen molar-refractivity contribution in [3.8, 4) is 17.3 Å². The average molecular weight is 337 g/mol. The van der Waals surface area contributed by atoms with Crippen LogP contribution in [0.3, 0.4) is 0 Å². The summed E-state index contributed by atoms with van der Waals surface area (Å²) in [6, 6.07) is 9.96. The van der Waals surface area contributed by atoms with Gasteiger partial charge in [0.1, 0.15) is 12.7 Å².